The van der Waals surface area contributed by atoms with Crippen LogP contribution in [0.25, 0.3) is 10.9 Å². The van der Waals surface area contributed by atoms with Crippen molar-refractivity contribution in [3.05, 3.63) is 47.1 Å². The van der Waals surface area contributed by atoms with Gasteiger partial charge >= 0.3 is 0 Å². The van der Waals surface area contributed by atoms with Gasteiger partial charge in [0.25, 0.3) is 5.91 Å². The molecule has 0 radical (unpaired) electrons. The molecule has 5 nitrogen and oxygen atoms in total. The summed E-state index contributed by atoms with van der Waals surface area (Å²) in [5.41, 5.74) is 2.63. The number of carbonyl (C=O) groups excluding carboxylic acids is 1. The number of thiazole rings is 1. The predicted molar refractivity (Wildman–Crippen MR) is 103 cm³/mol. The average Bonchev–Trinajstić information content (AvgIpc) is 3.19. The zero-order chi connectivity index (χ0) is 18.0. The van der Waals surface area contributed by atoms with Crippen molar-refractivity contribution >= 4 is 33.3 Å². The van der Waals surface area contributed by atoms with E-state index in [-0.39, 0.29) is 11.3 Å². The number of methoxy groups -OCH3 is 1. The average molecular weight is 357 g/mol. The van der Waals surface area contributed by atoms with Gasteiger partial charge in [0.05, 0.1) is 12.3 Å². The van der Waals surface area contributed by atoms with Crippen LogP contribution in [-0.2, 0) is 16.7 Å². The lowest BCUT2D eigenvalue weighted by Crippen LogP contribution is -2.14. The third-order valence-corrected chi connectivity index (χ3v) is 4.85. The van der Waals surface area contributed by atoms with Crippen LogP contribution in [0.2, 0.25) is 0 Å². The molecule has 0 spiro atoms. The fourth-order valence-corrected chi connectivity index (χ4v) is 3.58. The summed E-state index contributed by atoms with van der Waals surface area (Å²) in [7, 11) is 1.68. The fourth-order valence-electron chi connectivity index (χ4n) is 2.65. The van der Waals surface area contributed by atoms with Gasteiger partial charge in [-0.2, -0.15) is 0 Å². The van der Waals surface area contributed by atoms with Crippen LogP contribution >= 0.6 is 11.3 Å². The largest absolute Gasteiger partial charge is 0.383 e. The van der Waals surface area contributed by atoms with Gasteiger partial charge in [0, 0.05) is 47.1 Å². The summed E-state index contributed by atoms with van der Waals surface area (Å²) in [6.07, 6.45) is 1.99. The number of hydrogen-bond donors (Lipinski definition) is 1. The Balaban J connectivity index is 1.85. The minimum atomic E-state index is -0.134. The fraction of sp³-hybridized carbons (Fsp3) is 0.368. The Morgan fingerprint density at radius 2 is 2.12 bits per heavy atom. The maximum Gasteiger partial charge on any atom is 0.258 e. The number of carbonyl (C=O) groups is 1. The molecule has 1 aromatic carbocycles. The molecule has 3 rings (SSSR count). The number of anilines is 1. The van der Waals surface area contributed by atoms with Gasteiger partial charge in [-0.05, 0) is 18.2 Å². The molecule has 0 aliphatic carbocycles. The van der Waals surface area contributed by atoms with E-state index in [0.29, 0.717) is 17.3 Å². The van der Waals surface area contributed by atoms with Crippen LogP contribution < -0.4 is 5.32 Å². The Labute approximate surface area is 151 Å². The van der Waals surface area contributed by atoms with Crippen LogP contribution in [0.1, 0.15) is 36.8 Å². The Hall–Kier alpha value is -2.18. The van der Waals surface area contributed by atoms with Gasteiger partial charge in [-0.15, -0.1) is 11.3 Å². The van der Waals surface area contributed by atoms with Crippen LogP contribution in [0.3, 0.4) is 0 Å². The SMILES string of the molecule is COCCn1ccc2c(C(=O)Nc3nc(C(C)(C)C)cs3)cccc21. The molecule has 2 aromatic heterocycles. The second-order valence-electron chi connectivity index (χ2n) is 6.98. The first-order valence-corrected chi connectivity index (χ1v) is 9.12. The van der Waals surface area contributed by atoms with E-state index in [2.05, 4.69) is 35.6 Å². The Morgan fingerprint density at radius 1 is 1.32 bits per heavy atom. The standard InChI is InChI=1S/C19H23N3O2S/c1-19(2,3)16-12-25-18(20-16)21-17(23)14-6-5-7-15-13(14)8-9-22(15)10-11-24-4/h5-9,12H,10-11H2,1-4H3,(H,20,21,23). The van der Waals surface area contributed by atoms with E-state index in [4.69, 9.17) is 4.74 Å². The maximum atomic E-state index is 12.7. The number of ether oxygens (including phenoxy) is 1. The molecule has 0 fully saturated rings. The van der Waals surface area contributed by atoms with Crippen molar-refractivity contribution < 1.29 is 9.53 Å². The van der Waals surface area contributed by atoms with Gasteiger partial charge < -0.3 is 9.30 Å². The van der Waals surface area contributed by atoms with Crippen LogP contribution in [-0.4, -0.2) is 29.2 Å². The van der Waals surface area contributed by atoms with Crippen molar-refractivity contribution in [3.8, 4) is 0 Å². The van der Waals surface area contributed by atoms with E-state index in [1.54, 1.807) is 7.11 Å². The molecule has 0 atom stereocenters. The molecular formula is C19H23N3O2S. The number of rotatable bonds is 5. The lowest BCUT2D eigenvalue weighted by atomic mass is 9.93. The van der Waals surface area contributed by atoms with Crippen molar-refractivity contribution in [2.75, 3.05) is 19.0 Å². The monoisotopic (exact) mass is 357 g/mol. The van der Waals surface area contributed by atoms with Gasteiger partial charge in [-0.3, -0.25) is 10.1 Å². The van der Waals surface area contributed by atoms with Crippen molar-refractivity contribution in [2.45, 2.75) is 32.7 Å². The van der Waals surface area contributed by atoms with Crippen molar-refractivity contribution in [1.29, 1.82) is 0 Å². The number of aromatic nitrogens is 2. The van der Waals surface area contributed by atoms with E-state index < -0.39 is 0 Å². The Morgan fingerprint density at radius 3 is 2.80 bits per heavy atom. The van der Waals surface area contributed by atoms with Crippen LogP contribution in [0.5, 0.6) is 0 Å². The smallest absolute Gasteiger partial charge is 0.258 e. The van der Waals surface area contributed by atoms with Crippen molar-refractivity contribution in [3.63, 3.8) is 0 Å². The summed E-state index contributed by atoms with van der Waals surface area (Å²) in [5, 5.41) is 6.49. The predicted octanol–water partition coefficient (Wildman–Crippen LogP) is 4.29. The minimum absolute atomic E-state index is 0.0297. The first-order valence-electron chi connectivity index (χ1n) is 8.24. The van der Waals surface area contributed by atoms with E-state index in [0.717, 1.165) is 23.1 Å². The second-order valence-corrected chi connectivity index (χ2v) is 7.84. The molecule has 0 aliphatic rings. The number of nitrogens with one attached hydrogen (secondary N) is 1. The summed E-state index contributed by atoms with van der Waals surface area (Å²) in [4.78, 5) is 17.3. The molecular weight excluding hydrogens is 334 g/mol. The number of fused-ring (bicyclic) bond motifs is 1. The number of benzene rings is 1. The molecule has 6 heteroatoms. The zero-order valence-corrected chi connectivity index (χ0v) is 15.8. The molecule has 0 saturated heterocycles. The van der Waals surface area contributed by atoms with E-state index in [1.165, 1.54) is 11.3 Å². The highest BCUT2D eigenvalue weighted by atomic mass is 32.1. The second kappa shape index (κ2) is 6.98. The number of amides is 1. The lowest BCUT2D eigenvalue weighted by molar-refractivity contribution is 0.102. The van der Waals surface area contributed by atoms with Crippen LogP contribution in [0.4, 0.5) is 5.13 Å². The molecule has 132 valence electrons. The number of nitrogens with zero attached hydrogens (tertiary/aromatic N) is 2. The summed E-state index contributed by atoms with van der Waals surface area (Å²) in [6, 6.07) is 7.74. The van der Waals surface area contributed by atoms with Crippen molar-refractivity contribution in [1.82, 2.24) is 9.55 Å². The van der Waals surface area contributed by atoms with Crippen LogP contribution in [0.15, 0.2) is 35.8 Å². The molecule has 0 saturated carbocycles. The van der Waals surface area contributed by atoms with Gasteiger partial charge in [0.1, 0.15) is 0 Å². The Kier molecular flexibility index (Phi) is 4.92. The molecule has 2 heterocycles. The van der Waals surface area contributed by atoms with Gasteiger partial charge in [0.15, 0.2) is 5.13 Å². The van der Waals surface area contributed by atoms with E-state index in [9.17, 15) is 4.79 Å². The molecule has 0 bridgehead atoms. The minimum Gasteiger partial charge on any atom is -0.383 e. The molecule has 25 heavy (non-hydrogen) atoms. The highest BCUT2D eigenvalue weighted by Gasteiger charge is 2.19. The molecule has 0 aliphatic heterocycles. The summed E-state index contributed by atoms with van der Waals surface area (Å²) < 4.78 is 7.24. The normalized spacial score (nSPS) is 11.8. The summed E-state index contributed by atoms with van der Waals surface area (Å²) >= 11 is 1.46. The molecule has 3 aromatic rings. The summed E-state index contributed by atoms with van der Waals surface area (Å²) in [6.45, 7) is 7.72. The summed E-state index contributed by atoms with van der Waals surface area (Å²) in [5.74, 6) is -0.134. The first kappa shape index (κ1) is 17.6. The maximum absolute atomic E-state index is 12.7. The Bertz CT molecular complexity index is 890. The zero-order valence-electron chi connectivity index (χ0n) is 15.0. The van der Waals surface area contributed by atoms with Gasteiger partial charge in [0.2, 0.25) is 0 Å². The highest BCUT2D eigenvalue weighted by molar-refractivity contribution is 7.14. The highest BCUT2D eigenvalue weighted by Crippen LogP contribution is 2.27. The van der Waals surface area contributed by atoms with E-state index >= 15 is 0 Å². The topological polar surface area (TPSA) is 56.1 Å². The first-order chi connectivity index (χ1) is 11.9. The molecule has 1 N–H and O–H groups in total. The quantitative estimate of drug-likeness (QED) is 0.741. The van der Waals surface area contributed by atoms with Gasteiger partial charge in [-0.25, -0.2) is 4.98 Å². The van der Waals surface area contributed by atoms with Crippen LogP contribution in [0, 0.1) is 0 Å². The lowest BCUT2D eigenvalue weighted by Gasteiger charge is -2.14. The third kappa shape index (κ3) is 3.75. The molecule has 0 unspecified atom stereocenters. The van der Waals surface area contributed by atoms with Gasteiger partial charge in [-0.1, -0.05) is 26.8 Å². The third-order valence-electron chi connectivity index (χ3n) is 4.09. The molecule has 1 amide bonds. The van der Waals surface area contributed by atoms with Crippen molar-refractivity contribution in [2.24, 2.45) is 0 Å². The van der Waals surface area contributed by atoms with E-state index in [1.807, 2.05) is 35.8 Å². The number of hydrogen-bond acceptors (Lipinski definition) is 4.